The topological polar surface area (TPSA) is 30.7 Å². The maximum absolute atomic E-state index is 12.7. The molecule has 0 N–H and O–H groups in total. The fourth-order valence-corrected chi connectivity index (χ4v) is 2.86. The van der Waals surface area contributed by atoms with Crippen molar-refractivity contribution in [2.24, 2.45) is 0 Å². The van der Waals surface area contributed by atoms with Crippen LogP contribution in [0.25, 0.3) is 11.0 Å². The van der Waals surface area contributed by atoms with Crippen molar-refractivity contribution in [1.29, 1.82) is 0 Å². The SMILES string of the molecule is FC(F)(F)c1cc2nnn(C3CCCC3)c2cc1Cl. The van der Waals surface area contributed by atoms with Gasteiger partial charge in [-0.1, -0.05) is 29.7 Å². The number of hydrogen-bond acceptors (Lipinski definition) is 2. The van der Waals surface area contributed by atoms with Gasteiger partial charge in [-0.2, -0.15) is 13.2 Å². The van der Waals surface area contributed by atoms with Gasteiger partial charge >= 0.3 is 6.18 Å². The Kier molecular flexibility index (Phi) is 2.92. The highest BCUT2D eigenvalue weighted by Gasteiger charge is 2.34. The number of halogens is 4. The summed E-state index contributed by atoms with van der Waals surface area (Å²) in [4.78, 5) is 0. The van der Waals surface area contributed by atoms with Crippen LogP contribution in [0.5, 0.6) is 0 Å². The zero-order valence-corrected chi connectivity index (χ0v) is 10.7. The zero-order chi connectivity index (χ0) is 13.6. The Morgan fingerprint density at radius 1 is 1.21 bits per heavy atom. The van der Waals surface area contributed by atoms with Crippen molar-refractivity contribution in [2.75, 3.05) is 0 Å². The number of rotatable bonds is 1. The predicted molar refractivity (Wildman–Crippen MR) is 65.0 cm³/mol. The van der Waals surface area contributed by atoms with Crippen LogP contribution < -0.4 is 0 Å². The quantitative estimate of drug-likeness (QED) is 0.787. The molecule has 1 fully saturated rings. The van der Waals surface area contributed by atoms with Gasteiger partial charge in [0.2, 0.25) is 0 Å². The first kappa shape index (κ1) is 12.7. The molecule has 1 aromatic heterocycles. The van der Waals surface area contributed by atoms with E-state index in [0.717, 1.165) is 31.7 Å². The molecular weight excluding hydrogens is 279 g/mol. The van der Waals surface area contributed by atoms with Gasteiger partial charge in [-0.25, -0.2) is 4.68 Å². The molecule has 1 heterocycles. The van der Waals surface area contributed by atoms with Gasteiger partial charge in [-0.3, -0.25) is 0 Å². The first-order chi connectivity index (χ1) is 8.97. The molecule has 3 nitrogen and oxygen atoms in total. The van der Waals surface area contributed by atoms with Crippen LogP contribution in [0.2, 0.25) is 5.02 Å². The zero-order valence-electron chi connectivity index (χ0n) is 9.91. The minimum atomic E-state index is -4.47. The summed E-state index contributed by atoms with van der Waals surface area (Å²) in [6.07, 6.45) is -0.280. The predicted octanol–water partition coefficient (Wildman–Crippen LogP) is 4.22. The van der Waals surface area contributed by atoms with Gasteiger partial charge in [0.05, 0.1) is 22.1 Å². The standard InChI is InChI=1S/C12H11ClF3N3/c13-9-6-11-10(5-8(9)12(14,15)16)17-18-19(11)7-3-1-2-4-7/h5-7H,1-4H2. The molecule has 0 unspecified atom stereocenters. The number of alkyl halides is 3. The van der Waals surface area contributed by atoms with Crippen molar-refractivity contribution >= 4 is 22.6 Å². The Morgan fingerprint density at radius 3 is 2.53 bits per heavy atom. The van der Waals surface area contributed by atoms with Crippen LogP contribution in [0.4, 0.5) is 13.2 Å². The second-order valence-corrected chi connectivity index (χ2v) is 5.20. The van der Waals surface area contributed by atoms with E-state index >= 15 is 0 Å². The molecule has 19 heavy (non-hydrogen) atoms. The second kappa shape index (κ2) is 4.37. The lowest BCUT2D eigenvalue weighted by Crippen LogP contribution is -2.08. The van der Waals surface area contributed by atoms with Gasteiger partial charge in [0.15, 0.2) is 0 Å². The fourth-order valence-electron chi connectivity index (χ4n) is 2.60. The summed E-state index contributed by atoms with van der Waals surface area (Å²) in [7, 11) is 0. The summed E-state index contributed by atoms with van der Waals surface area (Å²) in [5.41, 5.74) is -0.0475. The molecule has 1 saturated carbocycles. The lowest BCUT2D eigenvalue weighted by atomic mass is 10.1. The molecule has 0 bridgehead atoms. The molecule has 1 aliphatic carbocycles. The van der Waals surface area contributed by atoms with Crippen molar-refractivity contribution in [2.45, 2.75) is 37.9 Å². The average Bonchev–Trinajstić information content (AvgIpc) is 2.93. The van der Waals surface area contributed by atoms with Crippen molar-refractivity contribution in [1.82, 2.24) is 15.0 Å². The van der Waals surface area contributed by atoms with Crippen molar-refractivity contribution < 1.29 is 13.2 Å². The minimum absolute atomic E-state index is 0.220. The molecule has 0 amide bonds. The molecule has 0 aliphatic heterocycles. The maximum atomic E-state index is 12.7. The van der Waals surface area contributed by atoms with Crippen LogP contribution in [0.15, 0.2) is 12.1 Å². The summed E-state index contributed by atoms with van der Waals surface area (Å²) < 4.78 is 39.9. The van der Waals surface area contributed by atoms with Crippen LogP contribution in [0.3, 0.4) is 0 Å². The van der Waals surface area contributed by atoms with Crippen molar-refractivity contribution in [3.8, 4) is 0 Å². The number of hydrogen-bond donors (Lipinski definition) is 0. The maximum Gasteiger partial charge on any atom is 0.417 e. The van der Waals surface area contributed by atoms with Crippen LogP contribution in [0, 0.1) is 0 Å². The first-order valence-electron chi connectivity index (χ1n) is 6.08. The molecule has 102 valence electrons. The molecule has 0 atom stereocenters. The van der Waals surface area contributed by atoms with E-state index in [0.29, 0.717) is 5.52 Å². The Morgan fingerprint density at radius 2 is 1.89 bits per heavy atom. The van der Waals surface area contributed by atoms with E-state index in [-0.39, 0.29) is 16.6 Å². The smallest absolute Gasteiger partial charge is 0.242 e. The van der Waals surface area contributed by atoms with Gasteiger partial charge < -0.3 is 0 Å². The Labute approximate surface area is 112 Å². The summed E-state index contributed by atoms with van der Waals surface area (Å²) >= 11 is 5.73. The highest BCUT2D eigenvalue weighted by atomic mass is 35.5. The van der Waals surface area contributed by atoms with Crippen LogP contribution >= 0.6 is 11.6 Å². The van der Waals surface area contributed by atoms with E-state index in [9.17, 15) is 13.2 Å². The molecule has 0 radical (unpaired) electrons. The van der Waals surface area contributed by atoms with E-state index in [4.69, 9.17) is 11.6 Å². The van der Waals surface area contributed by atoms with Gasteiger partial charge in [0.1, 0.15) is 5.52 Å². The van der Waals surface area contributed by atoms with E-state index < -0.39 is 11.7 Å². The van der Waals surface area contributed by atoms with E-state index in [1.54, 1.807) is 4.68 Å². The van der Waals surface area contributed by atoms with Crippen molar-refractivity contribution in [3.05, 3.63) is 22.7 Å². The summed E-state index contributed by atoms with van der Waals surface area (Å²) in [6.45, 7) is 0. The molecule has 2 aromatic rings. The molecule has 0 saturated heterocycles. The third-order valence-electron chi connectivity index (χ3n) is 3.54. The Balaban J connectivity index is 2.12. The number of nitrogens with zero attached hydrogens (tertiary/aromatic N) is 3. The Bertz CT molecular complexity index is 614. The summed E-state index contributed by atoms with van der Waals surface area (Å²) in [6, 6.07) is 2.51. The third kappa shape index (κ3) is 2.18. The lowest BCUT2D eigenvalue weighted by molar-refractivity contribution is -0.137. The molecule has 3 rings (SSSR count). The van der Waals surface area contributed by atoms with E-state index in [2.05, 4.69) is 10.3 Å². The van der Waals surface area contributed by atoms with Gasteiger partial charge in [0.25, 0.3) is 0 Å². The molecule has 1 aromatic carbocycles. The number of fused-ring (bicyclic) bond motifs is 1. The highest BCUT2D eigenvalue weighted by Crippen LogP contribution is 2.38. The van der Waals surface area contributed by atoms with Gasteiger partial charge in [-0.15, -0.1) is 5.10 Å². The first-order valence-corrected chi connectivity index (χ1v) is 6.46. The highest BCUT2D eigenvalue weighted by molar-refractivity contribution is 6.32. The van der Waals surface area contributed by atoms with Crippen LogP contribution in [0.1, 0.15) is 37.3 Å². The van der Waals surface area contributed by atoms with Crippen LogP contribution in [-0.4, -0.2) is 15.0 Å². The van der Waals surface area contributed by atoms with Crippen LogP contribution in [-0.2, 0) is 6.18 Å². The fraction of sp³-hybridized carbons (Fsp3) is 0.500. The third-order valence-corrected chi connectivity index (χ3v) is 3.85. The molecule has 7 heteroatoms. The van der Waals surface area contributed by atoms with Crippen molar-refractivity contribution in [3.63, 3.8) is 0 Å². The number of benzene rings is 1. The number of aromatic nitrogens is 3. The van der Waals surface area contributed by atoms with Gasteiger partial charge in [-0.05, 0) is 25.0 Å². The summed E-state index contributed by atoms with van der Waals surface area (Å²) in [5, 5.41) is 7.51. The minimum Gasteiger partial charge on any atom is -0.242 e. The lowest BCUT2D eigenvalue weighted by Gasteiger charge is -2.11. The van der Waals surface area contributed by atoms with E-state index in [1.165, 1.54) is 6.07 Å². The molecule has 0 spiro atoms. The van der Waals surface area contributed by atoms with E-state index in [1.807, 2.05) is 0 Å². The Hall–Kier alpha value is -1.30. The normalized spacial score (nSPS) is 17.5. The summed E-state index contributed by atoms with van der Waals surface area (Å²) in [5.74, 6) is 0. The average molecular weight is 290 g/mol. The second-order valence-electron chi connectivity index (χ2n) is 4.79. The monoisotopic (exact) mass is 289 g/mol. The largest absolute Gasteiger partial charge is 0.417 e. The molecular formula is C12H11ClF3N3. The molecule has 1 aliphatic rings. The van der Waals surface area contributed by atoms with Gasteiger partial charge in [0, 0.05) is 0 Å².